The molecule has 1 atom stereocenters. The first kappa shape index (κ1) is 20.5. The number of nitrogens with one attached hydrogen (secondary N) is 1. The van der Waals surface area contributed by atoms with E-state index in [0.717, 1.165) is 38.7 Å². The van der Waals surface area contributed by atoms with E-state index < -0.39 is 20.6 Å². The number of anilines is 1. The Morgan fingerprint density at radius 1 is 1.29 bits per heavy atom. The lowest BCUT2D eigenvalue weighted by Crippen LogP contribution is -2.37. The van der Waals surface area contributed by atoms with Gasteiger partial charge in [-0.1, -0.05) is 0 Å². The Morgan fingerprint density at radius 3 is 2.64 bits per heavy atom. The van der Waals surface area contributed by atoms with Crippen molar-refractivity contribution in [1.29, 1.82) is 0 Å². The van der Waals surface area contributed by atoms with Crippen LogP contribution >= 0.6 is 0 Å². The number of hydrogen-bond acceptors (Lipinski definition) is 7. The van der Waals surface area contributed by atoms with Crippen LogP contribution in [-0.4, -0.2) is 67.8 Å². The Bertz CT molecular complexity index is 853. The molecule has 0 aliphatic carbocycles. The van der Waals surface area contributed by atoms with Crippen molar-refractivity contribution >= 4 is 27.3 Å². The molecule has 2 heterocycles. The molecule has 28 heavy (non-hydrogen) atoms. The van der Waals surface area contributed by atoms with Gasteiger partial charge >= 0.3 is 0 Å². The molecule has 1 aromatic rings. The van der Waals surface area contributed by atoms with Crippen LogP contribution in [0.15, 0.2) is 23.1 Å². The van der Waals surface area contributed by atoms with Crippen LogP contribution in [0, 0.1) is 10.1 Å². The fraction of sp³-hybridized carbons (Fsp3) is 0.588. The fourth-order valence-electron chi connectivity index (χ4n) is 3.82. The molecule has 3 N–H and O–H groups in total. The highest BCUT2D eigenvalue weighted by Crippen LogP contribution is 2.27. The molecule has 1 amide bonds. The fourth-order valence-corrected chi connectivity index (χ4v) is 4.36. The number of likely N-dealkylation sites (tertiary alicyclic amines) is 2. The highest BCUT2D eigenvalue weighted by molar-refractivity contribution is 7.89. The van der Waals surface area contributed by atoms with Gasteiger partial charge in [0.2, 0.25) is 15.9 Å². The van der Waals surface area contributed by atoms with Crippen LogP contribution in [0.3, 0.4) is 0 Å². The van der Waals surface area contributed by atoms with E-state index in [1.165, 1.54) is 25.0 Å². The summed E-state index contributed by atoms with van der Waals surface area (Å²) in [6.07, 6.45) is 3.63. The Balaban J connectivity index is 1.54. The normalized spacial score (nSPS) is 20.5. The minimum atomic E-state index is -4.03. The van der Waals surface area contributed by atoms with Crippen LogP contribution < -0.4 is 10.5 Å². The number of benzene rings is 1. The summed E-state index contributed by atoms with van der Waals surface area (Å²) < 4.78 is 22.7. The SMILES string of the molecule is NS(=O)(=O)c1ccc(NCCC(=O)N2CCC(N3CCCC3)C2)c([N+](=O)[O-])c1. The van der Waals surface area contributed by atoms with Gasteiger partial charge in [-0.25, -0.2) is 13.6 Å². The summed E-state index contributed by atoms with van der Waals surface area (Å²) in [7, 11) is -4.03. The lowest BCUT2D eigenvalue weighted by Gasteiger charge is -2.23. The van der Waals surface area contributed by atoms with Gasteiger partial charge in [-0.2, -0.15) is 0 Å². The van der Waals surface area contributed by atoms with Crippen LogP contribution in [0.5, 0.6) is 0 Å². The highest BCUT2D eigenvalue weighted by Gasteiger charge is 2.31. The van der Waals surface area contributed by atoms with E-state index in [-0.39, 0.29) is 29.5 Å². The Hall–Kier alpha value is -2.24. The second-order valence-electron chi connectivity index (χ2n) is 7.18. The molecule has 0 bridgehead atoms. The maximum atomic E-state index is 12.4. The number of sulfonamides is 1. The number of nitrogens with zero attached hydrogens (tertiary/aromatic N) is 3. The average molecular weight is 411 g/mol. The summed E-state index contributed by atoms with van der Waals surface area (Å²) in [6.45, 7) is 3.91. The highest BCUT2D eigenvalue weighted by atomic mass is 32.2. The molecule has 2 aliphatic heterocycles. The summed E-state index contributed by atoms with van der Waals surface area (Å²) in [5.41, 5.74) is -0.240. The first-order valence-electron chi connectivity index (χ1n) is 9.32. The topological polar surface area (TPSA) is 139 Å². The van der Waals surface area contributed by atoms with E-state index in [9.17, 15) is 23.3 Å². The maximum Gasteiger partial charge on any atom is 0.293 e. The second-order valence-corrected chi connectivity index (χ2v) is 8.74. The minimum absolute atomic E-state index is 0.0120. The van der Waals surface area contributed by atoms with Gasteiger partial charge in [-0.3, -0.25) is 19.8 Å². The lowest BCUT2D eigenvalue weighted by atomic mass is 10.2. The van der Waals surface area contributed by atoms with E-state index in [1.807, 2.05) is 4.90 Å². The van der Waals surface area contributed by atoms with Crippen molar-refractivity contribution in [3.63, 3.8) is 0 Å². The summed E-state index contributed by atoms with van der Waals surface area (Å²) >= 11 is 0. The number of nitro groups is 1. The molecule has 1 aromatic carbocycles. The third-order valence-electron chi connectivity index (χ3n) is 5.32. The summed E-state index contributed by atoms with van der Waals surface area (Å²) in [4.78, 5) is 26.9. The first-order valence-corrected chi connectivity index (χ1v) is 10.9. The zero-order valence-corrected chi connectivity index (χ0v) is 16.4. The molecular formula is C17H25N5O5S. The van der Waals surface area contributed by atoms with Crippen molar-refractivity contribution in [2.24, 2.45) is 5.14 Å². The number of nitrogens with two attached hydrogens (primary N) is 1. The lowest BCUT2D eigenvalue weighted by molar-refractivity contribution is -0.384. The molecule has 0 radical (unpaired) electrons. The molecule has 2 aliphatic rings. The van der Waals surface area contributed by atoms with Crippen molar-refractivity contribution < 1.29 is 18.1 Å². The Labute approximate surface area is 163 Å². The molecule has 0 spiro atoms. The summed E-state index contributed by atoms with van der Waals surface area (Å²) in [5.74, 6) is 0.0120. The van der Waals surface area contributed by atoms with Gasteiger partial charge in [0, 0.05) is 38.2 Å². The molecule has 10 nitrogen and oxygen atoms in total. The predicted molar refractivity (Wildman–Crippen MR) is 103 cm³/mol. The van der Waals surface area contributed by atoms with Crippen molar-refractivity contribution in [2.75, 3.05) is 38.0 Å². The van der Waals surface area contributed by atoms with Gasteiger partial charge in [-0.05, 0) is 44.5 Å². The molecule has 3 rings (SSSR count). The van der Waals surface area contributed by atoms with Gasteiger partial charge in [0.1, 0.15) is 5.69 Å². The molecule has 0 saturated carbocycles. The molecule has 0 aromatic heterocycles. The van der Waals surface area contributed by atoms with E-state index in [2.05, 4.69) is 10.2 Å². The Morgan fingerprint density at radius 2 is 2.00 bits per heavy atom. The third-order valence-corrected chi connectivity index (χ3v) is 6.23. The van der Waals surface area contributed by atoms with Gasteiger partial charge in [0.05, 0.1) is 9.82 Å². The molecule has 154 valence electrons. The van der Waals surface area contributed by atoms with Crippen molar-refractivity contribution in [3.8, 4) is 0 Å². The van der Waals surface area contributed by atoms with Crippen LogP contribution in [0.1, 0.15) is 25.7 Å². The van der Waals surface area contributed by atoms with Crippen LogP contribution in [0.2, 0.25) is 0 Å². The van der Waals surface area contributed by atoms with E-state index in [1.54, 1.807) is 0 Å². The summed E-state index contributed by atoms with van der Waals surface area (Å²) in [5, 5.41) is 19.1. The van der Waals surface area contributed by atoms with Gasteiger partial charge in [-0.15, -0.1) is 0 Å². The minimum Gasteiger partial charge on any atom is -0.379 e. The Kier molecular flexibility index (Phi) is 6.16. The largest absolute Gasteiger partial charge is 0.379 e. The molecule has 2 fully saturated rings. The zero-order chi connectivity index (χ0) is 20.3. The molecule has 1 unspecified atom stereocenters. The van der Waals surface area contributed by atoms with Crippen molar-refractivity contribution in [1.82, 2.24) is 9.80 Å². The quantitative estimate of drug-likeness (QED) is 0.498. The zero-order valence-electron chi connectivity index (χ0n) is 15.5. The van der Waals surface area contributed by atoms with Crippen molar-refractivity contribution in [2.45, 2.75) is 36.6 Å². The predicted octanol–water partition coefficient (Wildman–Crippen LogP) is 0.741. The third kappa shape index (κ3) is 4.78. The first-order chi connectivity index (χ1) is 13.3. The monoisotopic (exact) mass is 411 g/mol. The van der Waals surface area contributed by atoms with Gasteiger partial charge in [0.25, 0.3) is 5.69 Å². The number of rotatable bonds is 7. The smallest absolute Gasteiger partial charge is 0.293 e. The molecule has 2 saturated heterocycles. The summed E-state index contributed by atoms with van der Waals surface area (Å²) in [6, 6.07) is 3.85. The standard InChI is InChI=1S/C17H25N5O5S/c18-28(26,27)14-3-4-15(16(11-14)22(24)25)19-7-5-17(23)21-10-6-13(12-21)20-8-1-2-9-20/h3-4,11,13,19H,1-2,5-10,12H2,(H2,18,26,27). The maximum absolute atomic E-state index is 12.4. The number of hydrogen-bond donors (Lipinski definition) is 2. The van der Waals surface area contributed by atoms with Crippen LogP contribution in [0.4, 0.5) is 11.4 Å². The second kappa shape index (κ2) is 8.41. The molecule has 11 heteroatoms. The average Bonchev–Trinajstić information content (AvgIpc) is 3.32. The molecular weight excluding hydrogens is 386 g/mol. The number of carbonyl (C=O) groups is 1. The van der Waals surface area contributed by atoms with Crippen molar-refractivity contribution in [3.05, 3.63) is 28.3 Å². The van der Waals surface area contributed by atoms with Crippen LogP contribution in [-0.2, 0) is 14.8 Å². The van der Waals surface area contributed by atoms with E-state index in [0.29, 0.717) is 6.04 Å². The van der Waals surface area contributed by atoms with Crippen LogP contribution in [0.25, 0.3) is 0 Å². The number of carbonyl (C=O) groups excluding carboxylic acids is 1. The number of primary sulfonamides is 1. The van der Waals surface area contributed by atoms with Gasteiger partial charge < -0.3 is 10.2 Å². The number of amides is 1. The van der Waals surface area contributed by atoms with E-state index >= 15 is 0 Å². The number of nitro benzene ring substituents is 1. The van der Waals surface area contributed by atoms with E-state index in [4.69, 9.17) is 5.14 Å². The van der Waals surface area contributed by atoms with Gasteiger partial charge in [0.15, 0.2) is 0 Å².